The van der Waals surface area contributed by atoms with Crippen LogP contribution >= 0.6 is 0 Å². The summed E-state index contributed by atoms with van der Waals surface area (Å²) in [5.41, 5.74) is 11.3. The normalized spacial score (nSPS) is 14.0. The maximum absolute atomic E-state index is 9.38. The molecule has 4 N–H and O–H groups in total. The first-order valence-electron chi connectivity index (χ1n) is 8.35. The van der Waals surface area contributed by atoms with Gasteiger partial charge >= 0.3 is 0 Å². The molecule has 2 aromatic heterocycles. The standard InChI is InChI=1S/C19H24N4O/c1-3-19(2,12-20)15-9-13(5-7-24)8-14(10-15)16-4-6-21-18-17(16)11-22-23-18/h4,6,8-11,24H,3,5,7,12,20H2,1-2H3,(H,21,22,23). The Morgan fingerprint density at radius 2 is 2.12 bits per heavy atom. The van der Waals surface area contributed by atoms with Gasteiger partial charge in [-0.2, -0.15) is 5.10 Å². The molecule has 126 valence electrons. The van der Waals surface area contributed by atoms with Crippen molar-refractivity contribution in [3.8, 4) is 11.1 Å². The Balaban J connectivity index is 2.20. The molecule has 0 amide bonds. The molecule has 3 aromatic rings. The minimum atomic E-state index is -0.0806. The molecule has 0 saturated carbocycles. The van der Waals surface area contributed by atoms with E-state index >= 15 is 0 Å². The first kappa shape index (κ1) is 16.6. The lowest BCUT2D eigenvalue weighted by Crippen LogP contribution is -2.31. The number of nitrogens with one attached hydrogen (secondary N) is 1. The van der Waals surface area contributed by atoms with Crippen LogP contribution in [0.3, 0.4) is 0 Å². The highest BCUT2D eigenvalue weighted by molar-refractivity contribution is 5.92. The summed E-state index contributed by atoms with van der Waals surface area (Å²) in [6, 6.07) is 8.52. The van der Waals surface area contributed by atoms with Crippen molar-refractivity contribution in [1.29, 1.82) is 0 Å². The number of pyridine rings is 1. The van der Waals surface area contributed by atoms with Crippen molar-refractivity contribution in [2.24, 2.45) is 5.73 Å². The van der Waals surface area contributed by atoms with Crippen molar-refractivity contribution in [3.63, 3.8) is 0 Å². The van der Waals surface area contributed by atoms with Crippen LogP contribution in [0.2, 0.25) is 0 Å². The van der Waals surface area contributed by atoms with Gasteiger partial charge in [-0.05, 0) is 41.2 Å². The van der Waals surface area contributed by atoms with Gasteiger partial charge in [0.25, 0.3) is 0 Å². The molecule has 0 spiro atoms. The van der Waals surface area contributed by atoms with Gasteiger partial charge in [-0.1, -0.05) is 32.0 Å². The first-order chi connectivity index (χ1) is 11.6. The van der Waals surface area contributed by atoms with Crippen molar-refractivity contribution in [2.75, 3.05) is 13.2 Å². The number of benzene rings is 1. The predicted molar refractivity (Wildman–Crippen MR) is 96.8 cm³/mol. The molecular formula is C19H24N4O. The van der Waals surface area contributed by atoms with E-state index in [0.29, 0.717) is 13.0 Å². The zero-order valence-electron chi connectivity index (χ0n) is 14.2. The van der Waals surface area contributed by atoms with E-state index < -0.39 is 0 Å². The van der Waals surface area contributed by atoms with E-state index in [4.69, 9.17) is 5.73 Å². The van der Waals surface area contributed by atoms with Gasteiger partial charge in [0.2, 0.25) is 0 Å². The number of rotatable bonds is 6. The van der Waals surface area contributed by atoms with Gasteiger partial charge in [0.1, 0.15) is 0 Å². The summed E-state index contributed by atoms with van der Waals surface area (Å²) < 4.78 is 0. The lowest BCUT2D eigenvalue weighted by Gasteiger charge is -2.28. The molecule has 0 aliphatic carbocycles. The number of fused-ring (bicyclic) bond motifs is 1. The molecule has 5 nitrogen and oxygen atoms in total. The Labute approximate surface area is 141 Å². The van der Waals surface area contributed by atoms with E-state index in [1.54, 1.807) is 12.4 Å². The fraction of sp³-hybridized carbons (Fsp3) is 0.368. The van der Waals surface area contributed by atoms with E-state index in [9.17, 15) is 5.11 Å². The number of aromatic amines is 1. The number of aromatic nitrogens is 3. The van der Waals surface area contributed by atoms with E-state index in [1.807, 2.05) is 6.07 Å². The topological polar surface area (TPSA) is 87.8 Å². The number of aliphatic hydroxyl groups is 1. The Bertz CT molecular complexity index is 836. The van der Waals surface area contributed by atoms with E-state index in [1.165, 1.54) is 5.56 Å². The lowest BCUT2D eigenvalue weighted by atomic mass is 9.78. The number of hydrogen-bond donors (Lipinski definition) is 3. The Kier molecular flexibility index (Phi) is 4.64. The predicted octanol–water partition coefficient (Wildman–Crippen LogP) is 2.79. The molecule has 5 heteroatoms. The van der Waals surface area contributed by atoms with Gasteiger partial charge in [-0.3, -0.25) is 5.10 Å². The number of aliphatic hydroxyl groups excluding tert-OH is 1. The van der Waals surface area contributed by atoms with Gasteiger partial charge in [0, 0.05) is 30.1 Å². The van der Waals surface area contributed by atoms with Crippen molar-refractivity contribution < 1.29 is 5.11 Å². The minimum absolute atomic E-state index is 0.0806. The molecule has 2 heterocycles. The minimum Gasteiger partial charge on any atom is -0.396 e. The Morgan fingerprint density at radius 3 is 2.83 bits per heavy atom. The third-order valence-electron chi connectivity index (χ3n) is 4.99. The van der Waals surface area contributed by atoms with Crippen LogP contribution in [0.15, 0.2) is 36.7 Å². The van der Waals surface area contributed by atoms with Crippen molar-refractivity contribution in [2.45, 2.75) is 32.1 Å². The smallest absolute Gasteiger partial charge is 0.155 e. The zero-order valence-corrected chi connectivity index (χ0v) is 14.2. The highest BCUT2D eigenvalue weighted by atomic mass is 16.2. The number of nitrogens with two attached hydrogens (primary N) is 1. The second-order valence-electron chi connectivity index (χ2n) is 6.50. The van der Waals surface area contributed by atoms with Crippen molar-refractivity contribution in [3.05, 3.63) is 47.8 Å². The van der Waals surface area contributed by atoms with Crippen molar-refractivity contribution in [1.82, 2.24) is 15.2 Å². The number of H-pyrrole nitrogens is 1. The maximum atomic E-state index is 9.38. The first-order valence-corrected chi connectivity index (χ1v) is 8.35. The summed E-state index contributed by atoms with van der Waals surface area (Å²) in [6.07, 6.45) is 5.18. The molecular weight excluding hydrogens is 300 g/mol. The molecule has 24 heavy (non-hydrogen) atoms. The SMILES string of the molecule is CCC(C)(CN)c1cc(CCO)cc(-c2ccnc3[nH]ncc23)c1. The number of hydrogen-bond acceptors (Lipinski definition) is 4. The van der Waals surface area contributed by atoms with Gasteiger partial charge in [0.15, 0.2) is 5.65 Å². The maximum Gasteiger partial charge on any atom is 0.155 e. The van der Waals surface area contributed by atoms with Gasteiger partial charge in [0.05, 0.1) is 6.20 Å². The third kappa shape index (κ3) is 2.92. The molecule has 3 rings (SSSR count). The average Bonchev–Trinajstić information content (AvgIpc) is 3.09. The van der Waals surface area contributed by atoms with Crippen LogP contribution in [-0.4, -0.2) is 33.4 Å². The van der Waals surface area contributed by atoms with Crippen LogP contribution in [0.4, 0.5) is 0 Å². The van der Waals surface area contributed by atoms with E-state index in [-0.39, 0.29) is 12.0 Å². The number of nitrogens with zero attached hydrogens (tertiary/aromatic N) is 2. The summed E-state index contributed by atoms with van der Waals surface area (Å²) in [4.78, 5) is 4.31. The van der Waals surface area contributed by atoms with E-state index in [0.717, 1.165) is 34.1 Å². The largest absolute Gasteiger partial charge is 0.396 e. The summed E-state index contributed by atoms with van der Waals surface area (Å²) in [6.45, 7) is 5.07. The van der Waals surface area contributed by atoms with Crippen LogP contribution in [-0.2, 0) is 11.8 Å². The second kappa shape index (κ2) is 6.71. The molecule has 0 aliphatic rings. The molecule has 1 aromatic carbocycles. The van der Waals surface area contributed by atoms with Crippen molar-refractivity contribution >= 4 is 11.0 Å². The Hall–Kier alpha value is -2.24. The van der Waals surface area contributed by atoms with Gasteiger partial charge < -0.3 is 10.8 Å². The summed E-state index contributed by atoms with van der Waals surface area (Å²) in [5, 5.41) is 17.4. The van der Waals surface area contributed by atoms with Gasteiger partial charge in [-0.15, -0.1) is 0 Å². The Morgan fingerprint density at radius 1 is 1.29 bits per heavy atom. The highest BCUT2D eigenvalue weighted by Crippen LogP contribution is 2.33. The van der Waals surface area contributed by atoms with Crippen LogP contribution in [0.25, 0.3) is 22.2 Å². The van der Waals surface area contributed by atoms with Crippen LogP contribution in [0.5, 0.6) is 0 Å². The summed E-state index contributed by atoms with van der Waals surface area (Å²) in [5.74, 6) is 0. The summed E-state index contributed by atoms with van der Waals surface area (Å²) >= 11 is 0. The quantitative estimate of drug-likeness (QED) is 0.650. The summed E-state index contributed by atoms with van der Waals surface area (Å²) in [7, 11) is 0. The second-order valence-corrected chi connectivity index (χ2v) is 6.50. The lowest BCUT2D eigenvalue weighted by molar-refractivity contribution is 0.299. The molecule has 0 radical (unpaired) electrons. The molecule has 0 aliphatic heterocycles. The monoisotopic (exact) mass is 324 g/mol. The fourth-order valence-electron chi connectivity index (χ4n) is 3.04. The molecule has 1 unspecified atom stereocenters. The van der Waals surface area contributed by atoms with Crippen LogP contribution in [0.1, 0.15) is 31.4 Å². The molecule has 1 atom stereocenters. The highest BCUT2D eigenvalue weighted by Gasteiger charge is 2.24. The van der Waals surface area contributed by atoms with Crippen LogP contribution in [0, 0.1) is 0 Å². The molecule has 0 fully saturated rings. The third-order valence-corrected chi connectivity index (χ3v) is 4.99. The van der Waals surface area contributed by atoms with E-state index in [2.05, 4.69) is 47.2 Å². The fourth-order valence-corrected chi connectivity index (χ4v) is 3.04. The average molecular weight is 324 g/mol. The molecule has 0 saturated heterocycles. The van der Waals surface area contributed by atoms with Gasteiger partial charge in [-0.25, -0.2) is 4.98 Å². The zero-order chi connectivity index (χ0) is 17.2. The molecule has 0 bridgehead atoms. The van der Waals surface area contributed by atoms with Crippen LogP contribution < -0.4 is 5.73 Å².